The first-order valence-electron chi connectivity index (χ1n) is 4.79. The third-order valence-corrected chi connectivity index (χ3v) is 1.83. The minimum absolute atomic E-state index is 0.145. The fraction of sp³-hybridized carbons (Fsp3) is 0.455. The van der Waals surface area contributed by atoms with Gasteiger partial charge in [0.2, 0.25) is 0 Å². The Morgan fingerprint density at radius 2 is 2.29 bits per heavy atom. The van der Waals surface area contributed by atoms with Crippen LogP contribution in [0.4, 0.5) is 0 Å². The van der Waals surface area contributed by atoms with Crippen LogP contribution in [0, 0.1) is 6.92 Å². The number of hydrogen-bond acceptors (Lipinski definition) is 3. The molecule has 0 aromatic carbocycles. The van der Waals surface area contributed by atoms with Crippen LogP contribution in [0.15, 0.2) is 18.3 Å². The molecule has 0 bridgehead atoms. The Bertz CT molecular complexity index is 293. The summed E-state index contributed by atoms with van der Waals surface area (Å²) < 4.78 is 5.03. The Hall–Kier alpha value is -1.38. The van der Waals surface area contributed by atoms with Gasteiger partial charge in [-0.15, -0.1) is 0 Å². The molecule has 0 aliphatic rings. The molecule has 0 radical (unpaired) electrons. The van der Waals surface area contributed by atoms with Crippen molar-refractivity contribution < 1.29 is 9.53 Å². The fourth-order valence-corrected chi connectivity index (χ4v) is 1.02. The Balaban J connectivity index is 2.38. The smallest absolute Gasteiger partial charge is 0.306 e. The molecule has 1 rings (SSSR count). The van der Waals surface area contributed by atoms with Gasteiger partial charge in [0.1, 0.15) is 6.61 Å². The van der Waals surface area contributed by atoms with Crippen molar-refractivity contribution in [2.24, 2.45) is 0 Å². The number of carbonyl (C=O) groups excluding carboxylic acids is 1. The highest BCUT2D eigenvalue weighted by atomic mass is 16.5. The van der Waals surface area contributed by atoms with Gasteiger partial charge >= 0.3 is 5.97 Å². The predicted molar refractivity (Wildman–Crippen MR) is 53.7 cm³/mol. The zero-order valence-corrected chi connectivity index (χ0v) is 8.62. The van der Waals surface area contributed by atoms with Crippen LogP contribution in [0.25, 0.3) is 0 Å². The van der Waals surface area contributed by atoms with Crippen LogP contribution in [0.5, 0.6) is 0 Å². The van der Waals surface area contributed by atoms with E-state index in [1.807, 2.05) is 26.0 Å². The Labute approximate surface area is 84.1 Å². The van der Waals surface area contributed by atoms with E-state index in [9.17, 15) is 4.79 Å². The molecule has 0 saturated carbocycles. The van der Waals surface area contributed by atoms with Crippen LogP contribution < -0.4 is 0 Å². The first-order valence-corrected chi connectivity index (χ1v) is 4.79. The molecule has 0 amide bonds. The molecule has 0 unspecified atom stereocenters. The van der Waals surface area contributed by atoms with Gasteiger partial charge in [-0.3, -0.25) is 9.78 Å². The molecule has 0 N–H and O–H groups in total. The topological polar surface area (TPSA) is 39.2 Å². The Morgan fingerprint density at radius 1 is 1.50 bits per heavy atom. The molecule has 76 valence electrons. The fourth-order valence-electron chi connectivity index (χ4n) is 1.02. The minimum atomic E-state index is -0.145. The number of esters is 1. The largest absolute Gasteiger partial charge is 0.461 e. The van der Waals surface area contributed by atoms with E-state index in [4.69, 9.17) is 4.74 Å². The van der Waals surface area contributed by atoms with Crippen LogP contribution in [0.1, 0.15) is 31.0 Å². The summed E-state index contributed by atoms with van der Waals surface area (Å²) in [6.45, 7) is 4.20. The minimum Gasteiger partial charge on any atom is -0.461 e. The molecule has 3 nitrogen and oxygen atoms in total. The van der Waals surface area contributed by atoms with Crippen molar-refractivity contribution in [3.63, 3.8) is 0 Å². The maximum absolute atomic E-state index is 11.0. The number of hydrogen-bond donors (Lipinski definition) is 0. The summed E-state index contributed by atoms with van der Waals surface area (Å²) in [5.74, 6) is -0.145. The van der Waals surface area contributed by atoms with Gasteiger partial charge < -0.3 is 4.74 Å². The standard InChI is InChI=1S/C11H15NO2/c1-3-4-11(13)14-8-10-6-5-9(2)12-7-10/h5-7H,3-4,8H2,1-2H3. The van der Waals surface area contributed by atoms with E-state index in [-0.39, 0.29) is 5.97 Å². The predicted octanol–water partition coefficient (Wildman–Crippen LogP) is 2.23. The lowest BCUT2D eigenvalue weighted by Gasteiger charge is -2.03. The van der Waals surface area contributed by atoms with Crippen molar-refractivity contribution in [2.45, 2.75) is 33.3 Å². The normalized spacial score (nSPS) is 9.86. The van der Waals surface area contributed by atoms with E-state index in [2.05, 4.69) is 4.98 Å². The van der Waals surface area contributed by atoms with Gasteiger partial charge in [-0.05, 0) is 19.4 Å². The molecule has 14 heavy (non-hydrogen) atoms. The summed E-state index contributed by atoms with van der Waals surface area (Å²) >= 11 is 0. The van der Waals surface area contributed by atoms with Gasteiger partial charge in [0, 0.05) is 23.9 Å². The van der Waals surface area contributed by atoms with E-state index in [0.717, 1.165) is 17.7 Å². The zero-order valence-electron chi connectivity index (χ0n) is 8.62. The van der Waals surface area contributed by atoms with E-state index in [0.29, 0.717) is 13.0 Å². The molecular formula is C11H15NO2. The quantitative estimate of drug-likeness (QED) is 0.688. The second-order valence-corrected chi connectivity index (χ2v) is 3.22. The van der Waals surface area contributed by atoms with Crippen LogP contribution in [0.3, 0.4) is 0 Å². The van der Waals surface area contributed by atoms with Crippen LogP contribution in [-0.2, 0) is 16.1 Å². The Kier molecular flexibility index (Phi) is 4.11. The molecule has 0 atom stereocenters. The monoisotopic (exact) mass is 193 g/mol. The maximum Gasteiger partial charge on any atom is 0.306 e. The van der Waals surface area contributed by atoms with Gasteiger partial charge in [-0.25, -0.2) is 0 Å². The van der Waals surface area contributed by atoms with E-state index in [1.54, 1.807) is 6.20 Å². The lowest BCUT2D eigenvalue weighted by atomic mass is 10.3. The number of rotatable bonds is 4. The van der Waals surface area contributed by atoms with Crippen molar-refractivity contribution in [1.82, 2.24) is 4.98 Å². The number of ether oxygens (including phenoxy) is 1. The van der Waals surface area contributed by atoms with Crippen molar-refractivity contribution in [2.75, 3.05) is 0 Å². The first kappa shape index (κ1) is 10.7. The summed E-state index contributed by atoms with van der Waals surface area (Å²) in [7, 11) is 0. The molecular weight excluding hydrogens is 178 g/mol. The second-order valence-electron chi connectivity index (χ2n) is 3.22. The van der Waals surface area contributed by atoms with Gasteiger partial charge in [-0.1, -0.05) is 13.0 Å². The molecule has 0 aliphatic carbocycles. The highest BCUT2D eigenvalue weighted by Crippen LogP contribution is 2.02. The second kappa shape index (κ2) is 5.37. The zero-order chi connectivity index (χ0) is 10.4. The van der Waals surface area contributed by atoms with Gasteiger partial charge in [0.15, 0.2) is 0 Å². The first-order chi connectivity index (χ1) is 6.72. The molecule has 0 fully saturated rings. The highest BCUT2D eigenvalue weighted by molar-refractivity contribution is 5.69. The summed E-state index contributed by atoms with van der Waals surface area (Å²) in [5.41, 5.74) is 1.90. The van der Waals surface area contributed by atoms with Gasteiger partial charge in [-0.2, -0.15) is 0 Å². The summed E-state index contributed by atoms with van der Waals surface area (Å²) in [6, 6.07) is 3.82. The molecule has 0 spiro atoms. The van der Waals surface area contributed by atoms with Crippen molar-refractivity contribution >= 4 is 5.97 Å². The number of carbonyl (C=O) groups is 1. The highest BCUT2D eigenvalue weighted by Gasteiger charge is 2.01. The van der Waals surface area contributed by atoms with Gasteiger partial charge in [0.05, 0.1) is 0 Å². The molecule has 1 aromatic rings. The molecule has 0 aliphatic heterocycles. The molecule has 3 heteroatoms. The number of aromatic nitrogens is 1. The SMILES string of the molecule is CCCC(=O)OCc1ccc(C)nc1. The summed E-state index contributed by atoms with van der Waals surface area (Å²) in [5, 5.41) is 0. The average Bonchev–Trinajstić information content (AvgIpc) is 2.17. The lowest BCUT2D eigenvalue weighted by Crippen LogP contribution is -2.03. The van der Waals surface area contributed by atoms with Crippen LogP contribution >= 0.6 is 0 Å². The van der Waals surface area contributed by atoms with E-state index < -0.39 is 0 Å². The van der Waals surface area contributed by atoms with Gasteiger partial charge in [0.25, 0.3) is 0 Å². The van der Waals surface area contributed by atoms with Crippen LogP contribution in [0.2, 0.25) is 0 Å². The maximum atomic E-state index is 11.0. The van der Waals surface area contributed by atoms with E-state index >= 15 is 0 Å². The van der Waals surface area contributed by atoms with E-state index in [1.165, 1.54) is 0 Å². The van der Waals surface area contributed by atoms with Crippen molar-refractivity contribution in [3.05, 3.63) is 29.6 Å². The molecule has 1 heterocycles. The summed E-state index contributed by atoms with van der Waals surface area (Å²) in [6.07, 6.45) is 3.04. The van der Waals surface area contributed by atoms with Crippen molar-refractivity contribution in [3.8, 4) is 0 Å². The number of nitrogens with zero attached hydrogens (tertiary/aromatic N) is 1. The summed E-state index contributed by atoms with van der Waals surface area (Å²) in [4.78, 5) is 15.2. The van der Waals surface area contributed by atoms with Crippen molar-refractivity contribution in [1.29, 1.82) is 0 Å². The van der Waals surface area contributed by atoms with Crippen LogP contribution in [-0.4, -0.2) is 11.0 Å². The Morgan fingerprint density at radius 3 is 2.86 bits per heavy atom. The lowest BCUT2D eigenvalue weighted by molar-refractivity contribution is -0.144. The third-order valence-electron chi connectivity index (χ3n) is 1.83. The average molecular weight is 193 g/mol. The third kappa shape index (κ3) is 3.56. The molecule has 0 saturated heterocycles. The number of aryl methyl sites for hydroxylation is 1. The number of pyridine rings is 1. The molecule has 1 aromatic heterocycles.